The lowest BCUT2D eigenvalue weighted by atomic mass is 10.2. The fraction of sp³-hybridized carbons (Fsp3) is 0.714. The molecule has 0 spiro atoms. The van der Waals surface area contributed by atoms with Gasteiger partial charge in [-0.2, -0.15) is 5.10 Å². The van der Waals surface area contributed by atoms with Gasteiger partial charge < -0.3 is 10.0 Å². The second-order valence-electron chi connectivity index (χ2n) is 4.86. The number of carbonyl (C=O) groups excluding carboxylic acids is 1. The lowest BCUT2D eigenvalue weighted by molar-refractivity contribution is 0.0680. The Morgan fingerprint density at radius 1 is 1.47 bits per heavy atom. The second-order valence-corrected chi connectivity index (χ2v) is 4.86. The molecule has 1 N–H and O–H groups in total. The minimum Gasteiger partial charge on any atom is -0.396 e. The van der Waals surface area contributed by atoms with E-state index in [1.807, 2.05) is 33.8 Å². The van der Waals surface area contributed by atoms with Crippen LogP contribution in [-0.2, 0) is 13.0 Å². The molecule has 0 aliphatic heterocycles. The highest BCUT2D eigenvalue weighted by Crippen LogP contribution is 2.12. The Kier molecular flexibility index (Phi) is 6.02. The van der Waals surface area contributed by atoms with E-state index in [1.165, 1.54) is 0 Å². The number of aliphatic hydroxyl groups excluding tert-OH is 1. The molecule has 0 atom stereocenters. The van der Waals surface area contributed by atoms with Gasteiger partial charge in [-0.3, -0.25) is 9.48 Å². The number of rotatable bonds is 7. The van der Waals surface area contributed by atoms with Crippen LogP contribution in [0.5, 0.6) is 0 Å². The Bertz CT molecular complexity index is 413. The molecule has 0 aromatic carbocycles. The first kappa shape index (κ1) is 15.7. The molecule has 108 valence electrons. The molecule has 5 heteroatoms. The fourth-order valence-electron chi connectivity index (χ4n) is 2.04. The van der Waals surface area contributed by atoms with E-state index < -0.39 is 0 Å². The number of amides is 1. The maximum Gasteiger partial charge on any atom is 0.272 e. The van der Waals surface area contributed by atoms with Gasteiger partial charge in [-0.05, 0) is 39.7 Å². The molecule has 19 heavy (non-hydrogen) atoms. The predicted molar refractivity (Wildman–Crippen MR) is 75.2 cm³/mol. The highest BCUT2D eigenvalue weighted by atomic mass is 16.3. The van der Waals surface area contributed by atoms with E-state index in [0.717, 1.165) is 12.1 Å². The van der Waals surface area contributed by atoms with E-state index >= 15 is 0 Å². The van der Waals surface area contributed by atoms with E-state index in [1.54, 1.807) is 9.58 Å². The largest absolute Gasteiger partial charge is 0.396 e. The summed E-state index contributed by atoms with van der Waals surface area (Å²) in [4.78, 5) is 14.4. The molecule has 1 aromatic heterocycles. The second kappa shape index (κ2) is 7.28. The minimum absolute atomic E-state index is 0.00231. The number of hydrogen-bond donors (Lipinski definition) is 1. The Morgan fingerprint density at radius 3 is 2.63 bits per heavy atom. The Labute approximate surface area is 115 Å². The Balaban J connectivity index is 2.98. The molecule has 5 nitrogen and oxygen atoms in total. The SMILES string of the molecule is CCc1cc(C(=O)N(CCCO)C(C)C)n(CC)n1. The predicted octanol–water partition coefficient (Wildman–Crippen LogP) is 1.70. The lowest BCUT2D eigenvalue weighted by Gasteiger charge is -2.26. The molecule has 0 saturated heterocycles. The zero-order valence-electron chi connectivity index (χ0n) is 12.4. The summed E-state index contributed by atoms with van der Waals surface area (Å²) in [7, 11) is 0. The fourth-order valence-corrected chi connectivity index (χ4v) is 2.04. The smallest absolute Gasteiger partial charge is 0.272 e. The first-order chi connectivity index (χ1) is 9.04. The van der Waals surface area contributed by atoms with E-state index in [4.69, 9.17) is 5.11 Å². The van der Waals surface area contributed by atoms with Crippen molar-refractivity contribution in [2.24, 2.45) is 0 Å². The minimum atomic E-state index is -0.00231. The van der Waals surface area contributed by atoms with Gasteiger partial charge in [-0.1, -0.05) is 6.92 Å². The number of hydrogen-bond acceptors (Lipinski definition) is 3. The molecular weight excluding hydrogens is 242 g/mol. The van der Waals surface area contributed by atoms with Gasteiger partial charge in [0.05, 0.1) is 5.69 Å². The molecule has 0 bridgehead atoms. The van der Waals surface area contributed by atoms with Gasteiger partial charge in [0.25, 0.3) is 5.91 Å². The van der Waals surface area contributed by atoms with Crippen molar-refractivity contribution in [3.63, 3.8) is 0 Å². The third-order valence-electron chi connectivity index (χ3n) is 3.15. The molecular formula is C14H25N3O2. The summed E-state index contributed by atoms with van der Waals surface area (Å²) >= 11 is 0. The van der Waals surface area contributed by atoms with Crippen LogP contribution in [0.25, 0.3) is 0 Å². The van der Waals surface area contributed by atoms with Crippen LogP contribution in [0.2, 0.25) is 0 Å². The third-order valence-corrected chi connectivity index (χ3v) is 3.15. The van der Waals surface area contributed by atoms with Gasteiger partial charge >= 0.3 is 0 Å². The van der Waals surface area contributed by atoms with Crippen molar-refractivity contribution in [2.75, 3.05) is 13.2 Å². The van der Waals surface area contributed by atoms with Crippen LogP contribution in [0, 0.1) is 0 Å². The van der Waals surface area contributed by atoms with Gasteiger partial charge in [-0.15, -0.1) is 0 Å². The van der Waals surface area contributed by atoms with Crippen LogP contribution in [-0.4, -0.2) is 44.9 Å². The number of aryl methyl sites for hydroxylation is 2. The van der Waals surface area contributed by atoms with Crippen LogP contribution in [0.4, 0.5) is 0 Å². The summed E-state index contributed by atoms with van der Waals surface area (Å²) in [6.45, 7) is 9.35. The van der Waals surface area contributed by atoms with Crippen molar-refractivity contribution in [3.8, 4) is 0 Å². The maximum absolute atomic E-state index is 12.6. The molecule has 1 aromatic rings. The average Bonchev–Trinajstić information content (AvgIpc) is 2.81. The number of aromatic nitrogens is 2. The van der Waals surface area contributed by atoms with Gasteiger partial charge in [0.1, 0.15) is 5.69 Å². The van der Waals surface area contributed by atoms with Crippen molar-refractivity contribution < 1.29 is 9.90 Å². The molecule has 0 radical (unpaired) electrons. The summed E-state index contributed by atoms with van der Waals surface area (Å²) in [5, 5.41) is 13.3. The van der Waals surface area contributed by atoms with Crippen LogP contribution in [0.1, 0.15) is 50.3 Å². The molecule has 0 aliphatic carbocycles. The molecule has 1 rings (SSSR count). The zero-order valence-corrected chi connectivity index (χ0v) is 12.4. The number of nitrogens with zero attached hydrogens (tertiary/aromatic N) is 3. The molecule has 0 aliphatic rings. The number of carbonyl (C=O) groups is 1. The zero-order chi connectivity index (χ0) is 14.4. The monoisotopic (exact) mass is 267 g/mol. The van der Waals surface area contributed by atoms with E-state index in [0.29, 0.717) is 25.2 Å². The van der Waals surface area contributed by atoms with Crippen molar-refractivity contribution in [3.05, 3.63) is 17.5 Å². The van der Waals surface area contributed by atoms with Crippen LogP contribution < -0.4 is 0 Å². The van der Waals surface area contributed by atoms with E-state index in [2.05, 4.69) is 5.10 Å². The van der Waals surface area contributed by atoms with E-state index in [9.17, 15) is 4.79 Å². The molecule has 0 fully saturated rings. The normalized spacial score (nSPS) is 11.1. The molecule has 1 amide bonds. The summed E-state index contributed by atoms with van der Waals surface area (Å²) in [6, 6.07) is 1.99. The highest BCUT2D eigenvalue weighted by molar-refractivity contribution is 5.93. The van der Waals surface area contributed by atoms with Gasteiger partial charge in [0.15, 0.2) is 0 Å². The van der Waals surface area contributed by atoms with Crippen molar-refractivity contribution in [1.29, 1.82) is 0 Å². The standard InChI is InChI=1S/C14H25N3O2/c1-5-12-10-13(17(6-2)15-12)14(19)16(11(3)4)8-7-9-18/h10-11,18H,5-9H2,1-4H3. The molecule has 1 heterocycles. The quantitative estimate of drug-likeness (QED) is 0.818. The molecule has 0 unspecified atom stereocenters. The summed E-state index contributed by atoms with van der Waals surface area (Å²) in [5.74, 6) is -0.00231. The third kappa shape index (κ3) is 3.80. The van der Waals surface area contributed by atoms with Gasteiger partial charge in [-0.25, -0.2) is 0 Å². The van der Waals surface area contributed by atoms with Crippen molar-refractivity contribution in [2.45, 2.75) is 53.1 Å². The van der Waals surface area contributed by atoms with Crippen LogP contribution >= 0.6 is 0 Å². The molecule has 0 saturated carbocycles. The van der Waals surface area contributed by atoms with Crippen molar-refractivity contribution >= 4 is 5.91 Å². The Hall–Kier alpha value is -1.36. The van der Waals surface area contributed by atoms with E-state index in [-0.39, 0.29) is 18.6 Å². The lowest BCUT2D eigenvalue weighted by Crippen LogP contribution is -2.39. The first-order valence-electron chi connectivity index (χ1n) is 7.03. The average molecular weight is 267 g/mol. The van der Waals surface area contributed by atoms with Gasteiger partial charge in [0.2, 0.25) is 0 Å². The van der Waals surface area contributed by atoms with Crippen LogP contribution in [0.3, 0.4) is 0 Å². The topological polar surface area (TPSA) is 58.4 Å². The number of aliphatic hydroxyl groups is 1. The maximum atomic E-state index is 12.6. The van der Waals surface area contributed by atoms with Gasteiger partial charge in [0, 0.05) is 25.7 Å². The van der Waals surface area contributed by atoms with Crippen LogP contribution in [0.15, 0.2) is 6.07 Å². The van der Waals surface area contributed by atoms with Crippen molar-refractivity contribution in [1.82, 2.24) is 14.7 Å². The highest BCUT2D eigenvalue weighted by Gasteiger charge is 2.22. The summed E-state index contributed by atoms with van der Waals surface area (Å²) in [6.07, 6.45) is 1.43. The first-order valence-corrected chi connectivity index (χ1v) is 7.03. The Morgan fingerprint density at radius 2 is 2.16 bits per heavy atom. The summed E-state index contributed by atoms with van der Waals surface area (Å²) < 4.78 is 1.76. The summed E-state index contributed by atoms with van der Waals surface area (Å²) in [5.41, 5.74) is 1.59.